The van der Waals surface area contributed by atoms with Crippen LogP contribution in [0.1, 0.15) is 34.1 Å². The van der Waals surface area contributed by atoms with E-state index < -0.39 is 5.41 Å². The maximum Gasteiger partial charge on any atom is 0.312 e. The van der Waals surface area contributed by atoms with Crippen LogP contribution in [0.15, 0.2) is 0 Å². The third-order valence-electron chi connectivity index (χ3n) is 2.53. The van der Waals surface area contributed by atoms with Gasteiger partial charge in [0.2, 0.25) is 5.91 Å². The van der Waals surface area contributed by atoms with E-state index in [0.29, 0.717) is 13.1 Å². The summed E-state index contributed by atoms with van der Waals surface area (Å²) in [6, 6.07) is -0.314. The van der Waals surface area contributed by atoms with E-state index in [-0.39, 0.29) is 17.9 Å². The normalized spacial score (nSPS) is 13.0. The molecule has 2 N–H and O–H groups in total. The molecule has 0 fully saturated rings. The molecule has 0 radical (unpaired) electrons. The fourth-order valence-electron chi connectivity index (χ4n) is 1.25. The number of amides is 1. The Morgan fingerprint density at radius 1 is 1.35 bits per heavy atom. The van der Waals surface area contributed by atoms with Crippen LogP contribution in [0.25, 0.3) is 0 Å². The third kappa shape index (κ3) is 5.68. The van der Waals surface area contributed by atoms with Crippen molar-refractivity contribution in [3.8, 4) is 0 Å². The van der Waals surface area contributed by atoms with Crippen LogP contribution in [0.4, 0.5) is 0 Å². The van der Waals surface area contributed by atoms with E-state index in [2.05, 4.69) is 10.6 Å². The lowest BCUT2D eigenvalue weighted by Crippen LogP contribution is -2.47. The highest BCUT2D eigenvalue weighted by atomic mass is 16.5. The lowest BCUT2D eigenvalue weighted by atomic mass is 9.93. The van der Waals surface area contributed by atoms with Gasteiger partial charge in [-0.1, -0.05) is 6.92 Å². The van der Waals surface area contributed by atoms with E-state index in [9.17, 15) is 9.59 Å². The minimum absolute atomic E-state index is 0.0486. The number of carbonyl (C=O) groups is 2. The van der Waals surface area contributed by atoms with Crippen molar-refractivity contribution in [2.75, 3.05) is 20.2 Å². The van der Waals surface area contributed by atoms with Crippen LogP contribution in [0.3, 0.4) is 0 Å². The zero-order valence-corrected chi connectivity index (χ0v) is 11.4. The Hall–Kier alpha value is -1.10. The van der Waals surface area contributed by atoms with Crippen molar-refractivity contribution in [3.63, 3.8) is 0 Å². The first kappa shape index (κ1) is 15.9. The van der Waals surface area contributed by atoms with Gasteiger partial charge < -0.3 is 15.4 Å². The van der Waals surface area contributed by atoms with Gasteiger partial charge in [-0.3, -0.25) is 9.59 Å². The molecule has 0 saturated carbocycles. The van der Waals surface area contributed by atoms with Gasteiger partial charge in [0.15, 0.2) is 0 Å². The number of methoxy groups -OCH3 is 1. The zero-order valence-electron chi connectivity index (χ0n) is 11.4. The van der Waals surface area contributed by atoms with Crippen LogP contribution in [-0.2, 0) is 14.3 Å². The molecule has 0 saturated heterocycles. The van der Waals surface area contributed by atoms with Crippen molar-refractivity contribution in [2.24, 2.45) is 5.41 Å². The Morgan fingerprint density at radius 2 is 1.94 bits per heavy atom. The summed E-state index contributed by atoms with van der Waals surface area (Å²) < 4.78 is 4.69. The second-order valence-corrected chi connectivity index (χ2v) is 4.77. The largest absolute Gasteiger partial charge is 0.469 e. The average molecular weight is 244 g/mol. The molecule has 1 amide bonds. The van der Waals surface area contributed by atoms with E-state index in [1.807, 2.05) is 6.92 Å². The smallest absolute Gasteiger partial charge is 0.312 e. The molecule has 0 aromatic heterocycles. The van der Waals surface area contributed by atoms with Crippen molar-refractivity contribution in [2.45, 2.75) is 40.2 Å². The molecule has 1 unspecified atom stereocenters. The summed E-state index contributed by atoms with van der Waals surface area (Å²) in [6.07, 6.45) is 0.909. The standard InChI is InChI=1S/C12H24N2O3/c1-6-7-13-10(15)9(2)14-8-12(3,4)11(16)17-5/h9,14H,6-8H2,1-5H3,(H,13,15). The summed E-state index contributed by atoms with van der Waals surface area (Å²) in [6.45, 7) is 8.41. The number of rotatable bonds is 7. The van der Waals surface area contributed by atoms with Crippen molar-refractivity contribution in [1.29, 1.82) is 0 Å². The highest BCUT2D eigenvalue weighted by Gasteiger charge is 2.29. The molecular formula is C12H24N2O3. The molecule has 5 heteroatoms. The zero-order chi connectivity index (χ0) is 13.5. The van der Waals surface area contributed by atoms with E-state index in [0.717, 1.165) is 6.42 Å². The minimum Gasteiger partial charge on any atom is -0.469 e. The summed E-state index contributed by atoms with van der Waals surface area (Å²) in [5, 5.41) is 5.83. The number of ether oxygens (including phenoxy) is 1. The molecule has 1 atom stereocenters. The minimum atomic E-state index is -0.631. The Morgan fingerprint density at radius 3 is 2.41 bits per heavy atom. The van der Waals surface area contributed by atoms with Gasteiger partial charge in [0, 0.05) is 13.1 Å². The molecule has 0 aliphatic heterocycles. The van der Waals surface area contributed by atoms with Gasteiger partial charge >= 0.3 is 5.97 Å². The van der Waals surface area contributed by atoms with Crippen LogP contribution < -0.4 is 10.6 Å². The Bertz CT molecular complexity index is 264. The predicted molar refractivity (Wildman–Crippen MR) is 66.6 cm³/mol. The van der Waals surface area contributed by atoms with Crippen LogP contribution in [-0.4, -0.2) is 38.1 Å². The highest BCUT2D eigenvalue weighted by molar-refractivity contribution is 5.81. The number of nitrogens with one attached hydrogen (secondary N) is 2. The van der Waals surface area contributed by atoms with Crippen molar-refractivity contribution in [1.82, 2.24) is 10.6 Å². The summed E-state index contributed by atoms with van der Waals surface area (Å²) in [7, 11) is 1.36. The molecule has 5 nitrogen and oxygen atoms in total. The van der Waals surface area contributed by atoms with Crippen LogP contribution in [0.2, 0.25) is 0 Å². The van der Waals surface area contributed by atoms with E-state index >= 15 is 0 Å². The molecule has 0 aliphatic carbocycles. The van der Waals surface area contributed by atoms with E-state index in [4.69, 9.17) is 4.74 Å². The Balaban J connectivity index is 4.10. The molecule has 0 aliphatic rings. The first-order valence-electron chi connectivity index (χ1n) is 5.94. The molecule has 0 heterocycles. The lowest BCUT2D eigenvalue weighted by molar-refractivity contribution is -0.150. The number of esters is 1. The first-order chi connectivity index (χ1) is 7.85. The molecule has 0 aromatic carbocycles. The van der Waals surface area contributed by atoms with Gasteiger partial charge in [-0.15, -0.1) is 0 Å². The Kier molecular flexibility index (Phi) is 6.80. The van der Waals surface area contributed by atoms with Crippen molar-refractivity contribution < 1.29 is 14.3 Å². The van der Waals surface area contributed by atoms with Gasteiger partial charge in [-0.05, 0) is 27.2 Å². The number of carbonyl (C=O) groups excluding carboxylic acids is 2. The first-order valence-corrected chi connectivity index (χ1v) is 5.94. The molecule has 17 heavy (non-hydrogen) atoms. The lowest BCUT2D eigenvalue weighted by Gasteiger charge is -2.24. The van der Waals surface area contributed by atoms with E-state index in [1.54, 1.807) is 20.8 Å². The summed E-state index contributed by atoms with van der Waals surface area (Å²) in [5.41, 5.74) is -0.631. The monoisotopic (exact) mass is 244 g/mol. The predicted octanol–water partition coefficient (Wildman–Crippen LogP) is 0.690. The summed E-state index contributed by atoms with van der Waals surface area (Å²) in [5.74, 6) is -0.335. The van der Waals surface area contributed by atoms with Crippen molar-refractivity contribution >= 4 is 11.9 Å². The van der Waals surface area contributed by atoms with Crippen LogP contribution in [0, 0.1) is 5.41 Å². The van der Waals surface area contributed by atoms with Gasteiger partial charge in [-0.2, -0.15) is 0 Å². The quantitative estimate of drug-likeness (QED) is 0.647. The van der Waals surface area contributed by atoms with E-state index in [1.165, 1.54) is 7.11 Å². The second kappa shape index (κ2) is 7.27. The van der Waals surface area contributed by atoms with Crippen molar-refractivity contribution in [3.05, 3.63) is 0 Å². The topological polar surface area (TPSA) is 67.4 Å². The fraction of sp³-hybridized carbons (Fsp3) is 0.833. The SMILES string of the molecule is CCCNC(=O)C(C)NCC(C)(C)C(=O)OC. The molecule has 0 spiro atoms. The molecule has 0 bridgehead atoms. The number of hydrogen-bond acceptors (Lipinski definition) is 4. The second-order valence-electron chi connectivity index (χ2n) is 4.77. The van der Waals surface area contributed by atoms with Crippen LogP contribution in [0.5, 0.6) is 0 Å². The summed E-state index contributed by atoms with van der Waals surface area (Å²) in [4.78, 5) is 23.0. The Labute approximate surface area is 103 Å². The highest BCUT2D eigenvalue weighted by Crippen LogP contribution is 2.15. The fourth-order valence-corrected chi connectivity index (χ4v) is 1.25. The average Bonchev–Trinajstić information content (AvgIpc) is 2.31. The maximum absolute atomic E-state index is 11.6. The summed E-state index contributed by atoms with van der Waals surface area (Å²) >= 11 is 0. The molecule has 100 valence electrons. The van der Waals surface area contributed by atoms with Gasteiger partial charge in [0.05, 0.1) is 18.6 Å². The van der Waals surface area contributed by atoms with Gasteiger partial charge in [0.25, 0.3) is 0 Å². The molecular weight excluding hydrogens is 220 g/mol. The maximum atomic E-state index is 11.6. The molecule has 0 rings (SSSR count). The number of hydrogen-bond donors (Lipinski definition) is 2. The van der Waals surface area contributed by atoms with Gasteiger partial charge in [0.1, 0.15) is 0 Å². The van der Waals surface area contributed by atoms with Gasteiger partial charge in [-0.25, -0.2) is 0 Å². The third-order valence-corrected chi connectivity index (χ3v) is 2.53. The van der Waals surface area contributed by atoms with Crippen LogP contribution >= 0.6 is 0 Å². The molecule has 0 aromatic rings.